The minimum Gasteiger partial charge on any atom is -0.318 e. The van der Waals surface area contributed by atoms with Gasteiger partial charge in [0.15, 0.2) is 0 Å². The first-order chi connectivity index (χ1) is 12.2. The van der Waals surface area contributed by atoms with E-state index in [9.17, 15) is 10.1 Å². The lowest BCUT2D eigenvalue weighted by molar-refractivity contribution is 0.200. The Morgan fingerprint density at radius 1 is 1.32 bits per heavy atom. The van der Waals surface area contributed by atoms with Gasteiger partial charge in [0, 0.05) is 23.0 Å². The smallest absolute Gasteiger partial charge is 0.318 e. The van der Waals surface area contributed by atoms with Crippen LogP contribution in [0.25, 0.3) is 10.8 Å². The molecule has 130 valence electrons. The Morgan fingerprint density at radius 2 is 2.12 bits per heavy atom. The van der Waals surface area contributed by atoms with E-state index in [4.69, 9.17) is 0 Å². The predicted molar refractivity (Wildman–Crippen MR) is 99.3 cm³/mol. The largest absolute Gasteiger partial charge is 0.326 e. The average Bonchev–Trinajstić information content (AvgIpc) is 2.97. The Labute approximate surface area is 148 Å². The van der Waals surface area contributed by atoms with Gasteiger partial charge in [0.2, 0.25) is 0 Å². The Balaban J connectivity index is 1.90. The van der Waals surface area contributed by atoms with Crippen LogP contribution in [0.1, 0.15) is 39.5 Å². The third-order valence-electron chi connectivity index (χ3n) is 4.95. The number of nitriles is 1. The standard InChI is InChI=1S/C20H24N4O/c1-3-4-5-8-15(2)23-14-17(11-21)24(20(23)25)19-13-22-12-16-9-6-7-10-18(16)19/h6-7,9-10,12-13,15,17H,3-5,8,14H2,1-2H3. The zero-order chi connectivity index (χ0) is 17.8. The molecule has 2 heterocycles. The Bertz CT molecular complexity index is 792. The van der Waals surface area contributed by atoms with E-state index in [0.29, 0.717) is 6.54 Å². The van der Waals surface area contributed by atoms with Gasteiger partial charge in [0.25, 0.3) is 0 Å². The highest BCUT2D eigenvalue weighted by Crippen LogP contribution is 2.32. The van der Waals surface area contributed by atoms with E-state index in [1.807, 2.05) is 29.2 Å². The third kappa shape index (κ3) is 3.30. The van der Waals surface area contributed by atoms with Crippen molar-refractivity contribution < 1.29 is 4.79 Å². The first-order valence-electron chi connectivity index (χ1n) is 8.99. The summed E-state index contributed by atoms with van der Waals surface area (Å²) in [6.45, 7) is 4.70. The summed E-state index contributed by atoms with van der Waals surface area (Å²) in [6, 6.07) is 9.71. The molecular weight excluding hydrogens is 312 g/mol. The number of rotatable bonds is 6. The molecule has 2 unspecified atom stereocenters. The summed E-state index contributed by atoms with van der Waals surface area (Å²) >= 11 is 0. The second kappa shape index (κ2) is 7.52. The summed E-state index contributed by atoms with van der Waals surface area (Å²) in [5.74, 6) is 0. The van der Waals surface area contributed by atoms with E-state index in [1.165, 1.54) is 6.42 Å². The SMILES string of the molecule is CCCCCC(C)N1CC(C#N)N(c2cncc3ccccc23)C1=O. The van der Waals surface area contributed by atoms with Gasteiger partial charge in [-0.3, -0.25) is 9.88 Å². The van der Waals surface area contributed by atoms with E-state index in [2.05, 4.69) is 24.9 Å². The number of benzene rings is 1. The molecule has 1 aliphatic heterocycles. The topological polar surface area (TPSA) is 60.2 Å². The van der Waals surface area contributed by atoms with Crippen LogP contribution in [-0.2, 0) is 0 Å². The quantitative estimate of drug-likeness (QED) is 0.737. The van der Waals surface area contributed by atoms with Crippen molar-refractivity contribution in [1.82, 2.24) is 9.88 Å². The molecule has 0 spiro atoms. The summed E-state index contributed by atoms with van der Waals surface area (Å²) in [6.07, 6.45) is 7.88. The van der Waals surface area contributed by atoms with Gasteiger partial charge in [-0.2, -0.15) is 5.26 Å². The van der Waals surface area contributed by atoms with Crippen LogP contribution < -0.4 is 4.90 Å². The van der Waals surface area contributed by atoms with Crippen molar-refractivity contribution in [3.05, 3.63) is 36.7 Å². The van der Waals surface area contributed by atoms with E-state index >= 15 is 0 Å². The highest BCUT2D eigenvalue weighted by Gasteiger charge is 2.41. The van der Waals surface area contributed by atoms with Crippen LogP contribution in [0.4, 0.5) is 10.5 Å². The molecule has 0 saturated carbocycles. The molecule has 1 aromatic heterocycles. The molecule has 5 heteroatoms. The van der Waals surface area contributed by atoms with Crippen LogP contribution >= 0.6 is 0 Å². The molecule has 0 aliphatic carbocycles. The van der Waals surface area contributed by atoms with Gasteiger partial charge in [-0.15, -0.1) is 0 Å². The van der Waals surface area contributed by atoms with Crippen LogP contribution in [0.2, 0.25) is 0 Å². The second-order valence-electron chi connectivity index (χ2n) is 6.67. The minimum absolute atomic E-state index is 0.0892. The highest BCUT2D eigenvalue weighted by atomic mass is 16.2. The fraction of sp³-hybridized carbons (Fsp3) is 0.450. The predicted octanol–water partition coefficient (Wildman–Crippen LogP) is 4.34. The number of carbonyl (C=O) groups excluding carboxylic acids is 1. The number of fused-ring (bicyclic) bond motifs is 1. The van der Waals surface area contributed by atoms with E-state index in [1.54, 1.807) is 17.3 Å². The fourth-order valence-corrected chi connectivity index (χ4v) is 3.49. The van der Waals surface area contributed by atoms with Crippen molar-refractivity contribution in [2.75, 3.05) is 11.4 Å². The third-order valence-corrected chi connectivity index (χ3v) is 4.95. The van der Waals surface area contributed by atoms with Gasteiger partial charge < -0.3 is 4.90 Å². The van der Waals surface area contributed by atoms with Crippen LogP contribution in [0.15, 0.2) is 36.7 Å². The minimum atomic E-state index is -0.478. The molecule has 5 nitrogen and oxygen atoms in total. The lowest BCUT2D eigenvalue weighted by Gasteiger charge is -2.25. The maximum absolute atomic E-state index is 13.1. The number of aromatic nitrogens is 1. The number of nitrogens with zero attached hydrogens (tertiary/aromatic N) is 4. The van der Waals surface area contributed by atoms with Gasteiger partial charge in [0.1, 0.15) is 6.04 Å². The second-order valence-corrected chi connectivity index (χ2v) is 6.67. The summed E-state index contributed by atoms with van der Waals surface area (Å²) in [5.41, 5.74) is 0.720. The first-order valence-corrected chi connectivity index (χ1v) is 8.99. The zero-order valence-electron chi connectivity index (χ0n) is 14.9. The van der Waals surface area contributed by atoms with E-state index in [-0.39, 0.29) is 12.1 Å². The van der Waals surface area contributed by atoms with Crippen molar-refractivity contribution >= 4 is 22.5 Å². The van der Waals surface area contributed by atoms with Crippen LogP contribution in [0, 0.1) is 11.3 Å². The average molecular weight is 336 g/mol. The molecular formula is C20H24N4O. The molecule has 1 aromatic carbocycles. The number of amides is 2. The van der Waals surface area contributed by atoms with Crippen LogP contribution in [0.5, 0.6) is 0 Å². The maximum atomic E-state index is 13.1. The van der Waals surface area contributed by atoms with Crippen LogP contribution in [-0.4, -0.2) is 34.5 Å². The number of carbonyl (C=O) groups is 1. The lowest BCUT2D eigenvalue weighted by Crippen LogP contribution is -2.38. The number of unbranched alkanes of at least 4 members (excludes halogenated alkanes) is 2. The van der Waals surface area contributed by atoms with E-state index in [0.717, 1.165) is 35.7 Å². The normalized spacial score (nSPS) is 18.6. The van der Waals surface area contributed by atoms with Gasteiger partial charge >= 0.3 is 6.03 Å². The highest BCUT2D eigenvalue weighted by molar-refractivity contribution is 6.04. The monoisotopic (exact) mass is 336 g/mol. The fourth-order valence-electron chi connectivity index (χ4n) is 3.49. The molecule has 1 saturated heterocycles. The number of urea groups is 1. The molecule has 2 aromatic rings. The van der Waals surface area contributed by atoms with E-state index < -0.39 is 6.04 Å². The van der Waals surface area contributed by atoms with Crippen molar-refractivity contribution in [3.63, 3.8) is 0 Å². The Kier molecular flexibility index (Phi) is 5.18. The molecule has 0 radical (unpaired) electrons. The molecule has 2 atom stereocenters. The van der Waals surface area contributed by atoms with Gasteiger partial charge in [-0.05, 0) is 13.3 Å². The van der Waals surface area contributed by atoms with Crippen LogP contribution in [0.3, 0.4) is 0 Å². The van der Waals surface area contributed by atoms with Gasteiger partial charge in [-0.25, -0.2) is 4.79 Å². The van der Waals surface area contributed by atoms with Crippen molar-refractivity contribution in [2.24, 2.45) is 0 Å². The Morgan fingerprint density at radius 3 is 2.88 bits per heavy atom. The van der Waals surface area contributed by atoms with Gasteiger partial charge in [-0.1, -0.05) is 50.5 Å². The number of hydrogen-bond donors (Lipinski definition) is 0. The molecule has 25 heavy (non-hydrogen) atoms. The molecule has 2 amide bonds. The summed E-state index contributed by atoms with van der Waals surface area (Å²) < 4.78 is 0. The number of hydrogen-bond acceptors (Lipinski definition) is 3. The molecule has 0 N–H and O–H groups in total. The molecule has 3 rings (SSSR count). The summed E-state index contributed by atoms with van der Waals surface area (Å²) in [4.78, 5) is 20.8. The molecule has 1 fully saturated rings. The molecule has 0 bridgehead atoms. The maximum Gasteiger partial charge on any atom is 0.326 e. The zero-order valence-corrected chi connectivity index (χ0v) is 14.9. The summed E-state index contributed by atoms with van der Waals surface area (Å²) in [7, 11) is 0. The first kappa shape index (κ1) is 17.2. The molecule has 1 aliphatic rings. The number of anilines is 1. The number of pyridine rings is 1. The van der Waals surface area contributed by atoms with Crippen molar-refractivity contribution in [2.45, 2.75) is 51.6 Å². The van der Waals surface area contributed by atoms with Crippen molar-refractivity contribution in [1.29, 1.82) is 5.26 Å². The summed E-state index contributed by atoms with van der Waals surface area (Å²) in [5, 5.41) is 11.5. The van der Waals surface area contributed by atoms with Crippen molar-refractivity contribution in [3.8, 4) is 6.07 Å². The Hall–Kier alpha value is -2.61. The van der Waals surface area contributed by atoms with Gasteiger partial charge in [0.05, 0.1) is 24.5 Å². The lowest BCUT2D eigenvalue weighted by atomic mass is 10.1.